The van der Waals surface area contributed by atoms with Crippen LogP contribution >= 0.6 is 11.6 Å². The van der Waals surface area contributed by atoms with Gasteiger partial charge in [0.25, 0.3) is 0 Å². The fourth-order valence-electron chi connectivity index (χ4n) is 1.83. The summed E-state index contributed by atoms with van der Waals surface area (Å²) in [4.78, 5) is 31.3. The molecule has 0 aliphatic rings. The molecule has 0 atom stereocenters. The topological polar surface area (TPSA) is 110 Å². The van der Waals surface area contributed by atoms with Crippen LogP contribution in [0.1, 0.15) is 0 Å². The highest BCUT2D eigenvalue weighted by Crippen LogP contribution is 2.26. The molecule has 9 nitrogen and oxygen atoms in total. The van der Waals surface area contributed by atoms with Gasteiger partial charge in [-0.15, -0.1) is 0 Å². The van der Waals surface area contributed by atoms with E-state index in [4.69, 9.17) is 11.6 Å². The Labute approximate surface area is 142 Å². The number of ether oxygens (including phenoxy) is 1. The zero-order valence-corrected chi connectivity index (χ0v) is 13.6. The van der Waals surface area contributed by atoms with E-state index in [1.54, 1.807) is 24.3 Å². The number of aromatic nitrogens is 2. The van der Waals surface area contributed by atoms with Crippen LogP contribution in [0.3, 0.4) is 0 Å². The van der Waals surface area contributed by atoms with Crippen molar-refractivity contribution in [3.63, 3.8) is 0 Å². The van der Waals surface area contributed by atoms with Gasteiger partial charge in [0.15, 0.2) is 0 Å². The molecule has 2 aromatic rings. The van der Waals surface area contributed by atoms with Gasteiger partial charge in [-0.1, -0.05) is 11.6 Å². The Morgan fingerprint density at radius 3 is 2.67 bits per heavy atom. The number of nitro groups is 1. The van der Waals surface area contributed by atoms with Gasteiger partial charge in [0.05, 0.1) is 12.0 Å². The van der Waals surface area contributed by atoms with Crippen molar-refractivity contribution >= 4 is 40.7 Å². The van der Waals surface area contributed by atoms with Crippen LogP contribution in [0.4, 0.5) is 23.1 Å². The number of carbonyl (C=O) groups is 1. The number of rotatable bonds is 6. The van der Waals surface area contributed by atoms with Crippen LogP contribution in [0.15, 0.2) is 30.5 Å². The summed E-state index contributed by atoms with van der Waals surface area (Å²) < 4.78 is 4.56. The summed E-state index contributed by atoms with van der Waals surface area (Å²) in [5.41, 5.74) is 0.345. The minimum Gasteiger partial charge on any atom is -0.468 e. The van der Waals surface area contributed by atoms with Crippen LogP contribution in [0.2, 0.25) is 5.02 Å². The molecule has 2 rings (SSSR count). The summed E-state index contributed by atoms with van der Waals surface area (Å²) >= 11 is 5.81. The molecule has 1 aromatic heterocycles. The first kappa shape index (κ1) is 17.4. The quantitative estimate of drug-likeness (QED) is 0.479. The molecule has 1 aromatic carbocycles. The standard InChI is InChI=1S/C14H14ClN5O4/c1-19(8-12(21)24-2)13-11(20(22)23)7-16-14(18-13)17-10-5-3-9(15)4-6-10/h3-7H,8H2,1-2H3,(H,16,17,18). The molecular formula is C14H14ClN5O4. The molecule has 0 fully saturated rings. The Morgan fingerprint density at radius 1 is 1.42 bits per heavy atom. The van der Waals surface area contributed by atoms with Crippen LogP contribution in [0.25, 0.3) is 0 Å². The molecule has 24 heavy (non-hydrogen) atoms. The van der Waals surface area contributed by atoms with Crippen molar-refractivity contribution in [2.75, 3.05) is 30.9 Å². The number of likely N-dealkylation sites (N-methyl/N-ethyl adjacent to an activating group) is 1. The highest BCUT2D eigenvalue weighted by molar-refractivity contribution is 6.30. The molecule has 0 bridgehead atoms. The molecule has 0 radical (unpaired) electrons. The molecule has 0 saturated carbocycles. The third kappa shape index (κ3) is 4.29. The van der Waals surface area contributed by atoms with Crippen LogP contribution < -0.4 is 10.2 Å². The fourth-order valence-corrected chi connectivity index (χ4v) is 1.96. The second kappa shape index (κ2) is 7.55. The van der Waals surface area contributed by atoms with Gasteiger partial charge in [0.1, 0.15) is 12.7 Å². The smallest absolute Gasteiger partial charge is 0.329 e. The van der Waals surface area contributed by atoms with E-state index in [0.29, 0.717) is 10.7 Å². The second-order valence-electron chi connectivity index (χ2n) is 4.72. The number of benzene rings is 1. The number of nitrogens with zero attached hydrogens (tertiary/aromatic N) is 4. The molecule has 0 aliphatic heterocycles. The summed E-state index contributed by atoms with van der Waals surface area (Å²) in [6, 6.07) is 6.79. The van der Waals surface area contributed by atoms with Crippen molar-refractivity contribution in [1.29, 1.82) is 0 Å². The summed E-state index contributed by atoms with van der Waals surface area (Å²) in [5.74, 6) is -0.399. The molecule has 1 heterocycles. The number of esters is 1. The minimum atomic E-state index is -0.616. The maximum atomic E-state index is 11.4. The van der Waals surface area contributed by atoms with Gasteiger partial charge in [0, 0.05) is 17.8 Å². The van der Waals surface area contributed by atoms with E-state index in [9.17, 15) is 14.9 Å². The third-order valence-corrected chi connectivity index (χ3v) is 3.25. The molecule has 0 aliphatic carbocycles. The SMILES string of the molecule is COC(=O)CN(C)c1nc(Nc2ccc(Cl)cc2)ncc1[N+](=O)[O-]. The number of hydrogen-bond donors (Lipinski definition) is 1. The van der Waals surface area contributed by atoms with Crippen LogP contribution in [-0.4, -0.2) is 41.6 Å². The van der Waals surface area contributed by atoms with Crippen molar-refractivity contribution in [1.82, 2.24) is 9.97 Å². The minimum absolute atomic E-state index is 0.00290. The number of hydrogen-bond acceptors (Lipinski definition) is 8. The molecular weight excluding hydrogens is 338 g/mol. The molecule has 1 N–H and O–H groups in total. The normalized spacial score (nSPS) is 10.1. The van der Waals surface area contributed by atoms with Crippen LogP contribution in [0, 0.1) is 10.1 Å². The Kier molecular flexibility index (Phi) is 5.48. The lowest BCUT2D eigenvalue weighted by molar-refractivity contribution is -0.384. The van der Waals surface area contributed by atoms with Gasteiger partial charge in [-0.3, -0.25) is 14.9 Å². The van der Waals surface area contributed by atoms with E-state index >= 15 is 0 Å². The van der Waals surface area contributed by atoms with Crippen molar-refractivity contribution in [3.05, 3.63) is 45.6 Å². The highest BCUT2D eigenvalue weighted by Gasteiger charge is 2.22. The number of methoxy groups -OCH3 is 1. The van der Waals surface area contributed by atoms with E-state index in [2.05, 4.69) is 20.0 Å². The number of halogens is 1. The lowest BCUT2D eigenvalue weighted by Gasteiger charge is -2.17. The number of nitrogens with one attached hydrogen (secondary N) is 1. The Balaban J connectivity index is 2.31. The van der Waals surface area contributed by atoms with Gasteiger partial charge < -0.3 is 15.0 Å². The molecule has 0 unspecified atom stereocenters. The largest absolute Gasteiger partial charge is 0.468 e. The highest BCUT2D eigenvalue weighted by atomic mass is 35.5. The van der Waals surface area contributed by atoms with E-state index in [0.717, 1.165) is 6.20 Å². The zero-order chi connectivity index (χ0) is 17.7. The Bertz CT molecular complexity index is 753. The maximum Gasteiger partial charge on any atom is 0.329 e. The molecule has 10 heteroatoms. The maximum absolute atomic E-state index is 11.4. The fraction of sp³-hybridized carbons (Fsp3) is 0.214. The van der Waals surface area contributed by atoms with Gasteiger partial charge in [-0.2, -0.15) is 4.98 Å². The summed E-state index contributed by atoms with van der Waals surface area (Å²) in [6.07, 6.45) is 1.08. The van der Waals surface area contributed by atoms with E-state index in [1.807, 2.05) is 0 Å². The van der Waals surface area contributed by atoms with Crippen molar-refractivity contribution in [3.8, 4) is 0 Å². The van der Waals surface area contributed by atoms with E-state index in [-0.39, 0.29) is 24.0 Å². The van der Waals surface area contributed by atoms with Crippen molar-refractivity contribution in [2.45, 2.75) is 0 Å². The number of carbonyl (C=O) groups excluding carboxylic acids is 1. The molecule has 0 saturated heterocycles. The van der Waals surface area contributed by atoms with Crippen LogP contribution in [-0.2, 0) is 9.53 Å². The molecule has 126 valence electrons. The summed E-state index contributed by atoms with van der Waals surface area (Å²) in [7, 11) is 2.73. The number of anilines is 3. The van der Waals surface area contributed by atoms with Crippen LogP contribution in [0.5, 0.6) is 0 Å². The predicted molar refractivity (Wildman–Crippen MR) is 88.7 cm³/mol. The first-order chi connectivity index (χ1) is 11.4. The van der Waals surface area contributed by atoms with Gasteiger partial charge in [0.2, 0.25) is 11.8 Å². The Hall–Kier alpha value is -2.94. The van der Waals surface area contributed by atoms with Crippen molar-refractivity contribution < 1.29 is 14.5 Å². The van der Waals surface area contributed by atoms with E-state index in [1.165, 1.54) is 19.1 Å². The first-order valence-corrected chi connectivity index (χ1v) is 7.10. The molecule has 0 spiro atoms. The zero-order valence-electron chi connectivity index (χ0n) is 12.9. The Morgan fingerprint density at radius 2 is 2.08 bits per heavy atom. The second-order valence-corrected chi connectivity index (χ2v) is 5.16. The van der Waals surface area contributed by atoms with Gasteiger partial charge in [-0.05, 0) is 24.3 Å². The average molecular weight is 352 g/mol. The summed E-state index contributed by atoms with van der Waals surface area (Å²) in [5, 5.41) is 14.6. The van der Waals surface area contributed by atoms with E-state index < -0.39 is 10.9 Å². The third-order valence-electron chi connectivity index (χ3n) is 3.00. The first-order valence-electron chi connectivity index (χ1n) is 6.72. The average Bonchev–Trinajstić information content (AvgIpc) is 2.56. The van der Waals surface area contributed by atoms with Gasteiger partial charge in [-0.25, -0.2) is 4.98 Å². The van der Waals surface area contributed by atoms with Crippen molar-refractivity contribution in [2.24, 2.45) is 0 Å². The van der Waals surface area contributed by atoms with Gasteiger partial charge >= 0.3 is 11.7 Å². The lowest BCUT2D eigenvalue weighted by atomic mass is 10.3. The lowest BCUT2D eigenvalue weighted by Crippen LogP contribution is -2.28. The summed E-state index contributed by atoms with van der Waals surface area (Å²) in [6.45, 7) is -0.186. The predicted octanol–water partition coefficient (Wildman–Crippen LogP) is 2.39. The molecule has 0 amide bonds. The monoisotopic (exact) mass is 351 g/mol.